The van der Waals surface area contributed by atoms with Crippen molar-refractivity contribution in [3.05, 3.63) is 43.4 Å². The molecule has 106 valence electrons. The van der Waals surface area contributed by atoms with Crippen LogP contribution in [0.3, 0.4) is 0 Å². The van der Waals surface area contributed by atoms with Crippen LogP contribution in [0.1, 0.15) is 6.92 Å². The highest BCUT2D eigenvalue weighted by molar-refractivity contribution is 6.56. The maximum atomic E-state index is 6.19. The number of hydrogen-bond acceptors (Lipinski definition) is 2. The van der Waals surface area contributed by atoms with Crippen LogP contribution in [0.2, 0.25) is 25.1 Å². The number of pyridine rings is 1. The molecule has 0 aliphatic heterocycles. The molecule has 0 aliphatic rings. The molecule has 0 fully saturated rings. The third-order valence-electron chi connectivity index (χ3n) is 2.53. The standard InChI is InChI=1S/C13H8Cl5NO/c1-2-20-7-4-3-6(5-19-7)8-9(14)11(16)13(18)12(17)10(8)15/h3-5H,2H2,1H3. The Hall–Kier alpha value is -0.380. The molecule has 2 nitrogen and oxygen atoms in total. The predicted octanol–water partition coefficient (Wildman–Crippen LogP) is 6.41. The summed E-state index contributed by atoms with van der Waals surface area (Å²) in [4.78, 5) is 4.15. The molecule has 0 aliphatic carbocycles. The van der Waals surface area contributed by atoms with Crippen LogP contribution in [-0.2, 0) is 0 Å². The number of rotatable bonds is 3. The zero-order valence-corrected chi connectivity index (χ0v) is 14.0. The molecule has 1 aromatic carbocycles. The SMILES string of the molecule is CCOc1ccc(-c2c(Cl)c(Cl)c(Cl)c(Cl)c2Cl)cn1. The number of benzene rings is 1. The molecule has 0 saturated heterocycles. The first-order valence-corrected chi connectivity index (χ1v) is 7.47. The fourth-order valence-corrected chi connectivity index (χ4v) is 2.98. The van der Waals surface area contributed by atoms with E-state index in [4.69, 9.17) is 62.7 Å². The van der Waals surface area contributed by atoms with E-state index in [0.29, 0.717) is 23.6 Å². The average Bonchev–Trinajstić information content (AvgIpc) is 2.45. The summed E-state index contributed by atoms with van der Waals surface area (Å²) in [5.41, 5.74) is 1.16. The number of ether oxygens (including phenoxy) is 1. The normalized spacial score (nSPS) is 10.7. The third kappa shape index (κ3) is 2.95. The van der Waals surface area contributed by atoms with Crippen molar-refractivity contribution in [1.82, 2.24) is 4.98 Å². The van der Waals surface area contributed by atoms with Crippen molar-refractivity contribution in [3.63, 3.8) is 0 Å². The van der Waals surface area contributed by atoms with Crippen molar-refractivity contribution in [3.8, 4) is 17.0 Å². The molecule has 0 N–H and O–H groups in total. The highest BCUT2D eigenvalue weighted by Crippen LogP contribution is 2.48. The Bertz CT molecular complexity index is 613. The molecule has 1 heterocycles. The van der Waals surface area contributed by atoms with Gasteiger partial charge in [-0.2, -0.15) is 0 Å². The van der Waals surface area contributed by atoms with Crippen LogP contribution in [-0.4, -0.2) is 11.6 Å². The van der Waals surface area contributed by atoms with E-state index in [1.165, 1.54) is 0 Å². The number of aromatic nitrogens is 1. The van der Waals surface area contributed by atoms with Crippen LogP contribution >= 0.6 is 58.0 Å². The van der Waals surface area contributed by atoms with Gasteiger partial charge in [0.05, 0.1) is 31.7 Å². The lowest BCUT2D eigenvalue weighted by Gasteiger charge is -2.12. The van der Waals surface area contributed by atoms with E-state index < -0.39 is 0 Å². The quantitative estimate of drug-likeness (QED) is 0.459. The van der Waals surface area contributed by atoms with Crippen molar-refractivity contribution in [1.29, 1.82) is 0 Å². The summed E-state index contributed by atoms with van der Waals surface area (Å²) in [5, 5.41) is 0.915. The molecule has 0 amide bonds. The van der Waals surface area contributed by atoms with E-state index in [-0.39, 0.29) is 25.1 Å². The van der Waals surface area contributed by atoms with E-state index >= 15 is 0 Å². The Labute approximate surface area is 141 Å². The van der Waals surface area contributed by atoms with Gasteiger partial charge in [-0.1, -0.05) is 58.0 Å². The van der Waals surface area contributed by atoms with Gasteiger partial charge in [0.2, 0.25) is 5.88 Å². The molecule has 0 radical (unpaired) electrons. The predicted molar refractivity (Wildman–Crippen MR) is 85.9 cm³/mol. The van der Waals surface area contributed by atoms with E-state index in [9.17, 15) is 0 Å². The van der Waals surface area contributed by atoms with Gasteiger partial charge in [-0.3, -0.25) is 0 Å². The maximum absolute atomic E-state index is 6.19. The van der Waals surface area contributed by atoms with E-state index in [1.807, 2.05) is 6.92 Å². The van der Waals surface area contributed by atoms with Gasteiger partial charge >= 0.3 is 0 Å². The molecular formula is C13H8Cl5NO. The lowest BCUT2D eigenvalue weighted by atomic mass is 10.1. The van der Waals surface area contributed by atoms with Crippen LogP contribution in [0.5, 0.6) is 5.88 Å². The van der Waals surface area contributed by atoms with Crippen LogP contribution in [0.25, 0.3) is 11.1 Å². The minimum atomic E-state index is 0.131. The fraction of sp³-hybridized carbons (Fsp3) is 0.154. The molecule has 0 unspecified atom stereocenters. The molecule has 2 aromatic rings. The largest absolute Gasteiger partial charge is 0.478 e. The van der Waals surface area contributed by atoms with Gasteiger partial charge in [0.15, 0.2) is 0 Å². The van der Waals surface area contributed by atoms with Crippen molar-refractivity contribution in [2.24, 2.45) is 0 Å². The first-order valence-electron chi connectivity index (χ1n) is 5.58. The van der Waals surface area contributed by atoms with Crippen LogP contribution in [0.15, 0.2) is 18.3 Å². The minimum Gasteiger partial charge on any atom is -0.478 e. The second kappa shape index (κ2) is 6.59. The summed E-state index contributed by atoms with van der Waals surface area (Å²) < 4.78 is 5.27. The van der Waals surface area contributed by atoms with Gasteiger partial charge in [-0.15, -0.1) is 0 Å². The Morgan fingerprint density at radius 2 is 1.45 bits per heavy atom. The van der Waals surface area contributed by atoms with Gasteiger partial charge < -0.3 is 4.74 Å². The Kier molecular flexibility index (Phi) is 5.27. The molecular weight excluding hydrogens is 363 g/mol. The molecule has 7 heteroatoms. The van der Waals surface area contributed by atoms with Crippen molar-refractivity contribution in [2.75, 3.05) is 6.61 Å². The lowest BCUT2D eigenvalue weighted by Crippen LogP contribution is -1.94. The number of halogens is 5. The van der Waals surface area contributed by atoms with Crippen molar-refractivity contribution < 1.29 is 4.74 Å². The number of nitrogens with zero attached hydrogens (tertiary/aromatic N) is 1. The first-order chi connectivity index (χ1) is 9.47. The summed E-state index contributed by atoms with van der Waals surface area (Å²) >= 11 is 30.4. The molecule has 0 bridgehead atoms. The smallest absolute Gasteiger partial charge is 0.213 e. The maximum Gasteiger partial charge on any atom is 0.213 e. The van der Waals surface area contributed by atoms with Gasteiger partial charge in [-0.25, -0.2) is 4.98 Å². The molecule has 2 rings (SSSR count). The van der Waals surface area contributed by atoms with Crippen LogP contribution in [0, 0.1) is 0 Å². The fourth-order valence-electron chi connectivity index (χ4n) is 1.62. The highest BCUT2D eigenvalue weighted by Gasteiger charge is 2.20. The summed E-state index contributed by atoms with van der Waals surface area (Å²) in [5.74, 6) is 0.509. The van der Waals surface area contributed by atoms with E-state index in [0.717, 1.165) is 0 Å². The third-order valence-corrected chi connectivity index (χ3v) is 4.80. The second-order valence-corrected chi connectivity index (χ2v) is 5.65. The van der Waals surface area contributed by atoms with Crippen molar-refractivity contribution >= 4 is 58.0 Å². The molecule has 1 aromatic heterocycles. The highest BCUT2D eigenvalue weighted by atomic mass is 35.5. The summed E-state index contributed by atoms with van der Waals surface area (Å²) in [6, 6.07) is 3.48. The van der Waals surface area contributed by atoms with Gasteiger partial charge in [0.1, 0.15) is 0 Å². The summed E-state index contributed by atoms with van der Waals surface area (Å²) in [6.07, 6.45) is 1.58. The lowest BCUT2D eigenvalue weighted by molar-refractivity contribution is 0.327. The van der Waals surface area contributed by atoms with Crippen LogP contribution < -0.4 is 4.74 Å². The Balaban J connectivity index is 2.58. The summed E-state index contributed by atoms with van der Waals surface area (Å²) in [6.45, 7) is 2.41. The zero-order chi connectivity index (χ0) is 14.9. The molecule has 0 spiro atoms. The molecule has 0 saturated carbocycles. The number of hydrogen-bond donors (Lipinski definition) is 0. The zero-order valence-electron chi connectivity index (χ0n) is 10.2. The Morgan fingerprint density at radius 3 is 1.90 bits per heavy atom. The van der Waals surface area contributed by atoms with E-state index in [1.54, 1.807) is 18.3 Å². The average molecular weight is 371 g/mol. The van der Waals surface area contributed by atoms with Gasteiger partial charge in [-0.05, 0) is 13.0 Å². The second-order valence-electron chi connectivity index (χ2n) is 3.76. The van der Waals surface area contributed by atoms with Gasteiger partial charge in [0.25, 0.3) is 0 Å². The topological polar surface area (TPSA) is 22.1 Å². The molecule has 20 heavy (non-hydrogen) atoms. The van der Waals surface area contributed by atoms with Gasteiger partial charge in [0, 0.05) is 23.4 Å². The van der Waals surface area contributed by atoms with Crippen molar-refractivity contribution in [2.45, 2.75) is 6.92 Å². The minimum absolute atomic E-state index is 0.131. The van der Waals surface area contributed by atoms with E-state index in [2.05, 4.69) is 4.98 Å². The Morgan fingerprint density at radius 1 is 0.900 bits per heavy atom. The first kappa shape index (κ1) is 16.0. The molecule has 0 atom stereocenters. The van der Waals surface area contributed by atoms with Crippen LogP contribution in [0.4, 0.5) is 0 Å². The monoisotopic (exact) mass is 369 g/mol. The summed E-state index contributed by atoms with van der Waals surface area (Å²) in [7, 11) is 0.